The van der Waals surface area contributed by atoms with Gasteiger partial charge in [0.15, 0.2) is 0 Å². The van der Waals surface area contributed by atoms with E-state index < -0.39 is 0 Å². The van der Waals surface area contributed by atoms with E-state index >= 15 is 0 Å². The van der Waals surface area contributed by atoms with Crippen LogP contribution in [0.5, 0.6) is 0 Å². The van der Waals surface area contributed by atoms with Gasteiger partial charge in [-0.2, -0.15) is 0 Å². The lowest BCUT2D eigenvalue weighted by molar-refractivity contribution is 0.475. The number of allylic oxidation sites excluding steroid dienone is 10. The maximum absolute atomic E-state index is 2.56. The zero-order valence-corrected chi connectivity index (χ0v) is 28.4. The third kappa shape index (κ3) is 4.05. The van der Waals surface area contributed by atoms with E-state index in [1.807, 2.05) is 0 Å². The van der Waals surface area contributed by atoms with Crippen LogP contribution in [0, 0.1) is 17.8 Å². The van der Waals surface area contributed by atoms with Crippen molar-refractivity contribution < 1.29 is 0 Å². The minimum atomic E-state index is 0.336. The van der Waals surface area contributed by atoms with Crippen LogP contribution in [-0.2, 0) is 0 Å². The van der Waals surface area contributed by atoms with Crippen LogP contribution >= 0.6 is 0 Å². The predicted octanol–water partition coefficient (Wildman–Crippen LogP) is 12.8. The number of anilines is 3. The quantitative estimate of drug-likeness (QED) is 0.184. The molecule has 4 aliphatic carbocycles. The zero-order valence-electron chi connectivity index (χ0n) is 28.4. The summed E-state index contributed by atoms with van der Waals surface area (Å²) in [6.07, 6.45) is 16.5. The molecular formula is C49H36N2. The molecule has 0 radical (unpaired) electrons. The lowest BCUT2D eigenvalue weighted by atomic mass is 9.64. The lowest BCUT2D eigenvalue weighted by Crippen LogP contribution is -2.29. The Hall–Kier alpha value is -6.12. The minimum Gasteiger partial charge on any atom is -0.309 e. The number of nitrogens with zero attached hydrogens (tertiary/aromatic N) is 2. The highest BCUT2D eigenvalue weighted by Crippen LogP contribution is 2.62. The van der Waals surface area contributed by atoms with Crippen LogP contribution in [0.2, 0.25) is 0 Å². The van der Waals surface area contributed by atoms with Crippen LogP contribution in [0.3, 0.4) is 0 Å². The smallest absolute Gasteiger partial charge is 0.0561 e. The summed E-state index contributed by atoms with van der Waals surface area (Å²) in [6.45, 7) is 2.43. The molecule has 1 aromatic heterocycles. The fourth-order valence-electron chi connectivity index (χ4n) is 9.80. The Kier molecular flexibility index (Phi) is 6.15. The Morgan fingerprint density at radius 1 is 0.588 bits per heavy atom. The van der Waals surface area contributed by atoms with E-state index in [-0.39, 0.29) is 0 Å². The van der Waals surface area contributed by atoms with Gasteiger partial charge in [-0.1, -0.05) is 146 Å². The molecule has 2 nitrogen and oxygen atoms in total. The Morgan fingerprint density at radius 3 is 2.25 bits per heavy atom. The second-order valence-electron chi connectivity index (χ2n) is 14.4. The number of aromatic nitrogens is 1. The topological polar surface area (TPSA) is 8.17 Å². The summed E-state index contributed by atoms with van der Waals surface area (Å²) in [5, 5.41) is 5.00. The number of benzene rings is 6. The van der Waals surface area contributed by atoms with Crippen LogP contribution in [0.4, 0.5) is 17.1 Å². The molecule has 0 spiro atoms. The molecule has 0 amide bonds. The van der Waals surface area contributed by atoms with E-state index in [9.17, 15) is 0 Å². The summed E-state index contributed by atoms with van der Waals surface area (Å²) in [6, 6.07) is 49.3. The second-order valence-corrected chi connectivity index (χ2v) is 14.4. The number of para-hydroxylation sites is 2. The highest BCUT2D eigenvalue weighted by molar-refractivity contribution is 6.11. The second kappa shape index (κ2) is 10.9. The van der Waals surface area contributed by atoms with Crippen molar-refractivity contribution in [1.29, 1.82) is 0 Å². The van der Waals surface area contributed by atoms with Crippen LogP contribution in [0.1, 0.15) is 24.0 Å². The molecule has 0 fully saturated rings. The van der Waals surface area contributed by atoms with Gasteiger partial charge < -0.3 is 9.47 Å². The Labute approximate surface area is 298 Å². The van der Waals surface area contributed by atoms with Crippen molar-refractivity contribution in [2.45, 2.75) is 12.8 Å². The summed E-state index contributed by atoms with van der Waals surface area (Å²) in [7, 11) is 0. The average Bonchev–Trinajstić information content (AvgIpc) is 3.71. The molecule has 2 heteroatoms. The normalized spacial score (nSPS) is 21.2. The molecule has 4 aliphatic rings. The molecule has 11 rings (SSSR count). The Morgan fingerprint density at radius 2 is 1.33 bits per heavy atom. The van der Waals surface area contributed by atoms with Gasteiger partial charge in [0.25, 0.3) is 0 Å². The summed E-state index contributed by atoms with van der Waals surface area (Å²) in [4.78, 5) is 2.56. The molecule has 0 saturated heterocycles. The van der Waals surface area contributed by atoms with Crippen LogP contribution < -0.4 is 4.90 Å². The van der Waals surface area contributed by atoms with Crippen molar-refractivity contribution in [3.63, 3.8) is 0 Å². The van der Waals surface area contributed by atoms with E-state index in [1.165, 1.54) is 71.9 Å². The number of hydrogen-bond donors (Lipinski definition) is 0. The molecule has 0 saturated carbocycles. The van der Waals surface area contributed by atoms with Crippen LogP contribution in [0.15, 0.2) is 187 Å². The van der Waals surface area contributed by atoms with Gasteiger partial charge in [-0.15, -0.1) is 0 Å². The van der Waals surface area contributed by atoms with Gasteiger partial charge in [0, 0.05) is 50.9 Å². The molecule has 0 N–H and O–H groups in total. The molecule has 51 heavy (non-hydrogen) atoms. The van der Waals surface area contributed by atoms with Gasteiger partial charge in [-0.05, 0) is 70.5 Å². The van der Waals surface area contributed by atoms with E-state index in [2.05, 4.69) is 192 Å². The summed E-state index contributed by atoms with van der Waals surface area (Å²) in [5.41, 5.74) is 14.6. The van der Waals surface area contributed by atoms with Crippen molar-refractivity contribution in [3.8, 4) is 5.69 Å². The van der Waals surface area contributed by atoms with Crippen molar-refractivity contribution in [2.24, 2.45) is 17.8 Å². The summed E-state index contributed by atoms with van der Waals surface area (Å²) >= 11 is 0. The molecule has 0 aliphatic heterocycles. The van der Waals surface area contributed by atoms with Crippen molar-refractivity contribution in [3.05, 3.63) is 198 Å². The maximum atomic E-state index is 2.56. The first-order chi connectivity index (χ1) is 25.3. The Balaban J connectivity index is 1.23. The fraction of sp³-hybridized carbons (Fsp3) is 0.102. The molecule has 6 aromatic carbocycles. The first kappa shape index (κ1) is 28.7. The number of hydrogen-bond acceptors (Lipinski definition) is 1. The van der Waals surface area contributed by atoms with Gasteiger partial charge in [0.1, 0.15) is 0 Å². The molecule has 0 bridgehead atoms. The van der Waals surface area contributed by atoms with E-state index in [1.54, 1.807) is 5.57 Å². The van der Waals surface area contributed by atoms with Crippen molar-refractivity contribution >= 4 is 55.2 Å². The van der Waals surface area contributed by atoms with Gasteiger partial charge in [-0.3, -0.25) is 0 Å². The fourth-order valence-corrected chi connectivity index (χ4v) is 9.80. The van der Waals surface area contributed by atoms with Gasteiger partial charge in [0.2, 0.25) is 0 Å². The van der Waals surface area contributed by atoms with Gasteiger partial charge >= 0.3 is 0 Å². The number of fused-ring (bicyclic) bond motifs is 8. The van der Waals surface area contributed by atoms with E-state index in [4.69, 9.17) is 0 Å². The monoisotopic (exact) mass is 652 g/mol. The van der Waals surface area contributed by atoms with E-state index in [0.29, 0.717) is 23.7 Å². The third-order valence-corrected chi connectivity index (χ3v) is 12.0. The molecule has 7 aromatic rings. The molecule has 1 heterocycles. The van der Waals surface area contributed by atoms with Gasteiger partial charge in [-0.25, -0.2) is 0 Å². The minimum absolute atomic E-state index is 0.336. The summed E-state index contributed by atoms with van der Waals surface area (Å²) in [5.74, 6) is 1.54. The van der Waals surface area contributed by atoms with Gasteiger partial charge in [0.05, 0.1) is 22.4 Å². The first-order valence-corrected chi connectivity index (χ1v) is 18.2. The average molecular weight is 653 g/mol. The number of rotatable bonds is 4. The predicted molar refractivity (Wildman–Crippen MR) is 214 cm³/mol. The zero-order chi connectivity index (χ0) is 33.6. The largest absolute Gasteiger partial charge is 0.309 e. The van der Waals surface area contributed by atoms with Crippen LogP contribution in [-0.4, -0.2) is 4.57 Å². The SMILES string of the molecule is CC1C2=CC=CC3c4cccc(N(c5ccc6c7ccccc7n(-c7ccccc7)c6c5)c5cccc6ccccc56)c4C(=C4C=CC=CC41)[C@@H]23. The molecular weight excluding hydrogens is 617 g/mol. The standard InChI is InChI=1S/C49H36N2/c1-31-35-18-7-8-21-40(35)49-47-36(31)22-12-23-41(47)42-24-13-27-45(48(42)49)51(43-26-11-15-32-14-5-6-19-37(32)43)34-28-29-39-38-20-9-10-25-44(38)50(46(39)30-34)33-16-3-2-4-17-33/h2-31,35,41,47H,1H3/t31?,35?,41?,47-/m0/s1. The highest BCUT2D eigenvalue weighted by Gasteiger charge is 2.48. The molecule has 3 unspecified atom stereocenters. The molecule has 242 valence electrons. The van der Waals surface area contributed by atoms with Crippen LogP contribution in [0.25, 0.3) is 43.8 Å². The third-order valence-electron chi connectivity index (χ3n) is 12.0. The highest BCUT2D eigenvalue weighted by atomic mass is 15.1. The van der Waals surface area contributed by atoms with Crippen molar-refractivity contribution in [2.75, 3.05) is 4.90 Å². The maximum Gasteiger partial charge on any atom is 0.0561 e. The Bertz CT molecular complexity index is 2730. The van der Waals surface area contributed by atoms with Crippen molar-refractivity contribution in [1.82, 2.24) is 4.57 Å². The molecule has 4 atom stereocenters. The first-order valence-electron chi connectivity index (χ1n) is 18.2. The van der Waals surface area contributed by atoms with E-state index in [0.717, 1.165) is 5.69 Å². The lowest BCUT2D eigenvalue weighted by Gasteiger charge is -2.40. The summed E-state index contributed by atoms with van der Waals surface area (Å²) < 4.78 is 2.43.